The van der Waals surface area contributed by atoms with Crippen LogP contribution in [0.15, 0.2) is 46.2 Å². The molecular weight excluding hydrogens is 342 g/mol. The van der Waals surface area contributed by atoms with Crippen molar-refractivity contribution in [1.82, 2.24) is 29.9 Å². The van der Waals surface area contributed by atoms with E-state index in [1.807, 2.05) is 25.2 Å². The van der Waals surface area contributed by atoms with Crippen molar-refractivity contribution < 1.29 is 0 Å². The SMILES string of the molecule is Cc1ccccc1Nc1nnc(Sc2ncnc3c2cnn3C)s1. The van der Waals surface area contributed by atoms with Gasteiger partial charge in [-0.1, -0.05) is 29.5 Å². The molecule has 1 N–H and O–H groups in total. The maximum absolute atomic E-state index is 4.34. The highest BCUT2D eigenvalue weighted by atomic mass is 32.2. The van der Waals surface area contributed by atoms with Crippen LogP contribution in [0.2, 0.25) is 0 Å². The first-order valence-electron chi connectivity index (χ1n) is 7.17. The number of fused-ring (bicyclic) bond motifs is 1. The monoisotopic (exact) mass is 355 g/mol. The molecule has 4 rings (SSSR count). The van der Waals surface area contributed by atoms with Gasteiger partial charge in [-0.05, 0) is 30.3 Å². The Morgan fingerprint density at radius 2 is 2.04 bits per heavy atom. The lowest BCUT2D eigenvalue weighted by atomic mass is 10.2. The quantitative estimate of drug-likeness (QED) is 0.562. The molecule has 0 saturated carbocycles. The molecule has 0 aliphatic heterocycles. The summed E-state index contributed by atoms with van der Waals surface area (Å²) in [5.74, 6) is 0. The van der Waals surface area contributed by atoms with Crippen molar-refractivity contribution in [3.8, 4) is 0 Å². The van der Waals surface area contributed by atoms with E-state index in [1.54, 1.807) is 17.2 Å². The first kappa shape index (κ1) is 15.0. The summed E-state index contributed by atoms with van der Waals surface area (Å²) in [6.07, 6.45) is 3.31. The molecule has 24 heavy (non-hydrogen) atoms. The highest BCUT2D eigenvalue weighted by molar-refractivity contribution is 8.01. The van der Waals surface area contributed by atoms with E-state index < -0.39 is 0 Å². The fourth-order valence-corrected chi connectivity index (χ4v) is 3.97. The first-order valence-corrected chi connectivity index (χ1v) is 8.81. The van der Waals surface area contributed by atoms with Gasteiger partial charge < -0.3 is 5.32 Å². The number of nitrogens with zero attached hydrogens (tertiary/aromatic N) is 6. The molecule has 0 bridgehead atoms. The molecular formula is C15H13N7S2. The summed E-state index contributed by atoms with van der Waals surface area (Å²) in [7, 11) is 1.86. The molecule has 0 spiro atoms. The Bertz CT molecular complexity index is 1010. The minimum absolute atomic E-state index is 0.753. The predicted molar refractivity (Wildman–Crippen MR) is 94.8 cm³/mol. The van der Waals surface area contributed by atoms with E-state index >= 15 is 0 Å². The number of aromatic nitrogens is 6. The van der Waals surface area contributed by atoms with E-state index in [0.717, 1.165) is 36.8 Å². The van der Waals surface area contributed by atoms with E-state index in [9.17, 15) is 0 Å². The summed E-state index contributed by atoms with van der Waals surface area (Å²) in [6.45, 7) is 2.05. The molecule has 3 heterocycles. The highest BCUT2D eigenvalue weighted by Crippen LogP contribution is 2.34. The second-order valence-electron chi connectivity index (χ2n) is 5.10. The minimum Gasteiger partial charge on any atom is -0.330 e. The Kier molecular flexibility index (Phi) is 3.87. The van der Waals surface area contributed by atoms with E-state index in [1.165, 1.54) is 23.1 Å². The molecule has 0 atom stereocenters. The van der Waals surface area contributed by atoms with Crippen LogP contribution in [0.5, 0.6) is 0 Å². The van der Waals surface area contributed by atoms with Crippen molar-refractivity contribution in [2.45, 2.75) is 16.3 Å². The average Bonchev–Trinajstić information content (AvgIpc) is 3.18. The zero-order valence-corrected chi connectivity index (χ0v) is 14.6. The van der Waals surface area contributed by atoms with Crippen LogP contribution in [0.1, 0.15) is 5.56 Å². The lowest BCUT2D eigenvalue weighted by Crippen LogP contribution is -1.92. The molecule has 0 unspecified atom stereocenters. The van der Waals surface area contributed by atoms with E-state index in [2.05, 4.69) is 43.6 Å². The Morgan fingerprint density at radius 1 is 1.17 bits per heavy atom. The van der Waals surface area contributed by atoms with Crippen LogP contribution in [0.4, 0.5) is 10.8 Å². The van der Waals surface area contributed by atoms with Gasteiger partial charge in [-0.25, -0.2) is 9.97 Å². The second-order valence-corrected chi connectivity index (χ2v) is 7.31. The fourth-order valence-electron chi connectivity index (χ4n) is 2.23. The summed E-state index contributed by atoms with van der Waals surface area (Å²) in [5.41, 5.74) is 2.99. The third-order valence-electron chi connectivity index (χ3n) is 3.47. The largest absolute Gasteiger partial charge is 0.330 e. The van der Waals surface area contributed by atoms with Crippen molar-refractivity contribution in [3.05, 3.63) is 42.4 Å². The topological polar surface area (TPSA) is 81.4 Å². The zero-order chi connectivity index (χ0) is 16.5. The maximum atomic E-state index is 4.34. The van der Waals surface area contributed by atoms with Crippen LogP contribution in [-0.2, 0) is 7.05 Å². The average molecular weight is 355 g/mol. The van der Waals surface area contributed by atoms with E-state index in [0.29, 0.717) is 0 Å². The lowest BCUT2D eigenvalue weighted by Gasteiger charge is -2.04. The number of aryl methyl sites for hydroxylation is 2. The van der Waals surface area contributed by atoms with Gasteiger partial charge in [-0.3, -0.25) is 4.68 Å². The summed E-state index contributed by atoms with van der Waals surface area (Å²) in [6, 6.07) is 8.08. The van der Waals surface area contributed by atoms with Gasteiger partial charge in [0.25, 0.3) is 0 Å². The number of rotatable bonds is 4. The fraction of sp³-hybridized carbons (Fsp3) is 0.133. The van der Waals surface area contributed by atoms with Gasteiger partial charge in [0, 0.05) is 12.7 Å². The molecule has 4 aromatic rings. The van der Waals surface area contributed by atoms with Gasteiger partial charge in [-0.15, -0.1) is 10.2 Å². The number of benzene rings is 1. The first-order chi connectivity index (χ1) is 11.7. The van der Waals surface area contributed by atoms with E-state index in [4.69, 9.17) is 0 Å². The summed E-state index contributed by atoms with van der Waals surface area (Å²) >= 11 is 2.96. The van der Waals surface area contributed by atoms with Gasteiger partial charge in [0.15, 0.2) is 9.99 Å². The molecule has 0 amide bonds. The van der Waals surface area contributed by atoms with Gasteiger partial charge >= 0.3 is 0 Å². The molecule has 1 aromatic carbocycles. The third-order valence-corrected chi connectivity index (χ3v) is 5.38. The summed E-state index contributed by atoms with van der Waals surface area (Å²) in [5, 5.41) is 18.5. The van der Waals surface area contributed by atoms with Crippen molar-refractivity contribution in [1.29, 1.82) is 0 Å². The second kappa shape index (κ2) is 6.17. The van der Waals surface area contributed by atoms with Crippen LogP contribution in [0.3, 0.4) is 0 Å². The van der Waals surface area contributed by atoms with Crippen molar-refractivity contribution in [2.24, 2.45) is 7.05 Å². The highest BCUT2D eigenvalue weighted by Gasteiger charge is 2.13. The standard InChI is InChI=1S/C15H13N7S2/c1-9-5-3-4-6-11(9)19-14-20-21-15(24-14)23-13-10-7-18-22(2)12(10)16-8-17-13/h3-8H,1-2H3,(H,19,20). The predicted octanol–water partition coefficient (Wildman–Crippen LogP) is 3.42. The van der Waals surface area contributed by atoms with Crippen LogP contribution in [-0.4, -0.2) is 29.9 Å². The molecule has 9 heteroatoms. The third kappa shape index (κ3) is 2.83. The van der Waals surface area contributed by atoms with Crippen molar-refractivity contribution >= 4 is 45.0 Å². The van der Waals surface area contributed by atoms with Crippen LogP contribution in [0, 0.1) is 6.92 Å². The van der Waals surface area contributed by atoms with Gasteiger partial charge in [0.05, 0.1) is 11.6 Å². The Hall–Kier alpha value is -2.52. The summed E-state index contributed by atoms with van der Waals surface area (Å²) in [4.78, 5) is 8.58. The van der Waals surface area contributed by atoms with Gasteiger partial charge in [0.1, 0.15) is 11.4 Å². The van der Waals surface area contributed by atoms with Gasteiger partial charge in [-0.2, -0.15) is 5.10 Å². The Labute approximate surface area is 146 Å². The minimum atomic E-state index is 0.753. The molecule has 120 valence electrons. The number of hydrogen-bond acceptors (Lipinski definition) is 8. The Morgan fingerprint density at radius 3 is 2.92 bits per heavy atom. The molecule has 0 saturated heterocycles. The molecule has 0 aliphatic rings. The lowest BCUT2D eigenvalue weighted by molar-refractivity contribution is 0.784. The number of anilines is 2. The smallest absolute Gasteiger partial charge is 0.210 e. The number of nitrogens with one attached hydrogen (secondary N) is 1. The number of para-hydroxylation sites is 1. The molecule has 0 radical (unpaired) electrons. The normalized spacial score (nSPS) is 11.1. The van der Waals surface area contributed by atoms with Crippen molar-refractivity contribution in [3.63, 3.8) is 0 Å². The maximum Gasteiger partial charge on any atom is 0.210 e. The molecule has 0 fully saturated rings. The summed E-state index contributed by atoms with van der Waals surface area (Å²) < 4.78 is 2.54. The zero-order valence-electron chi connectivity index (χ0n) is 13.0. The van der Waals surface area contributed by atoms with Crippen LogP contribution >= 0.6 is 23.1 Å². The molecule has 0 aliphatic carbocycles. The van der Waals surface area contributed by atoms with Gasteiger partial charge in [0.2, 0.25) is 5.13 Å². The van der Waals surface area contributed by atoms with E-state index in [-0.39, 0.29) is 0 Å². The number of hydrogen-bond donors (Lipinski definition) is 1. The van der Waals surface area contributed by atoms with Crippen LogP contribution in [0.25, 0.3) is 11.0 Å². The molecule has 7 nitrogen and oxygen atoms in total. The van der Waals surface area contributed by atoms with Crippen LogP contribution < -0.4 is 5.32 Å². The molecule has 3 aromatic heterocycles. The van der Waals surface area contributed by atoms with Crippen molar-refractivity contribution in [2.75, 3.05) is 5.32 Å². The Balaban J connectivity index is 1.58.